The second kappa shape index (κ2) is 6.80. The fourth-order valence-corrected chi connectivity index (χ4v) is 3.17. The lowest BCUT2D eigenvalue weighted by atomic mass is 10.1. The van der Waals surface area contributed by atoms with E-state index in [0.29, 0.717) is 10.8 Å². The van der Waals surface area contributed by atoms with E-state index in [1.165, 1.54) is 40.9 Å². The van der Waals surface area contributed by atoms with Gasteiger partial charge in [0.15, 0.2) is 5.13 Å². The number of anilines is 1. The van der Waals surface area contributed by atoms with Gasteiger partial charge in [-0.25, -0.2) is 13.8 Å². The predicted molar refractivity (Wildman–Crippen MR) is 89.4 cm³/mol. The molecule has 0 fully saturated rings. The van der Waals surface area contributed by atoms with Crippen LogP contribution in [0.4, 0.5) is 13.9 Å². The zero-order valence-electron chi connectivity index (χ0n) is 11.6. The number of aromatic nitrogens is 1. The van der Waals surface area contributed by atoms with Gasteiger partial charge in [0.05, 0.1) is 5.69 Å². The molecule has 3 aromatic rings. The number of nitrogens with zero attached hydrogens (tertiary/aromatic N) is 1. The first kappa shape index (κ1) is 15.5. The molecule has 3 nitrogen and oxygen atoms in total. The molecular formula is C16H10F2N2OS2. The molecule has 23 heavy (non-hydrogen) atoms. The fourth-order valence-electron chi connectivity index (χ4n) is 1.84. The molecule has 0 atom stereocenters. The molecule has 0 spiro atoms. The molecule has 3 rings (SSSR count). The van der Waals surface area contributed by atoms with Crippen LogP contribution >= 0.6 is 22.7 Å². The number of thiophene rings is 1. The number of hydrogen-bond donors (Lipinski definition) is 1. The van der Waals surface area contributed by atoms with Crippen molar-refractivity contribution >= 4 is 39.8 Å². The van der Waals surface area contributed by atoms with Crippen LogP contribution in [0.3, 0.4) is 0 Å². The first-order chi connectivity index (χ1) is 11.1. The highest BCUT2D eigenvalue weighted by atomic mass is 32.1. The fraction of sp³-hybridized carbons (Fsp3) is 0. The number of carbonyl (C=O) groups excluding carboxylic acids is 1. The molecule has 0 aliphatic rings. The number of benzene rings is 1. The number of carbonyl (C=O) groups is 1. The third kappa shape index (κ3) is 3.88. The molecule has 0 saturated carbocycles. The van der Waals surface area contributed by atoms with Crippen molar-refractivity contribution in [1.29, 1.82) is 0 Å². The number of nitrogens with one attached hydrogen (secondary N) is 1. The monoisotopic (exact) mass is 348 g/mol. The molecule has 1 aromatic carbocycles. The second-order valence-corrected chi connectivity index (χ2v) is 6.34. The maximum Gasteiger partial charge on any atom is 0.250 e. The Kier molecular flexibility index (Phi) is 4.59. The van der Waals surface area contributed by atoms with E-state index in [9.17, 15) is 13.6 Å². The minimum Gasteiger partial charge on any atom is -0.298 e. The van der Waals surface area contributed by atoms with Gasteiger partial charge in [-0.1, -0.05) is 6.07 Å². The van der Waals surface area contributed by atoms with Gasteiger partial charge in [0.2, 0.25) is 5.91 Å². The molecule has 1 amide bonds. The van der Waals surface area contributed by atoms with Crippen molar-refractivity contribution in [2.24, 2.45) is 0 Å². The van der Waals surface area contributed by atoms with Crippen molar-refractivity contribution in [3.05, 3.63) is 63.7 Å². The van der Waals surface area contributed by atoms with E-state index in [1.807, 2.05) is 17.5 Å². The van der Waals surface area contributed by atoms with E-state index in [-0.39, 0.29) is 11.5 Å². The van der Waals surface area contributed by atoms with Gasteiger partial charge < -0.3 is 0 Å². The predicted octanol–water partition coefficient (Wildman–Crippen LogP) is 4.80. The van der Waals surface area contributed by atoms with E-state index in [0.717, 1.165) is 10.9 Å². The van der Waals surface area contributed by atoms with Gasteiger partial charge in [-0.15, -0.1) is 22.7 Å². The van der Waals surface area contributed by atoms with Crippen LogP contribution in [0.5, 0.6) is 0 Å². The summed E-state index contributed by atoms with van der Waals surface area (Å²) in [6.45, 7) is 0. The molecule has 0 unspecified atom stereocenters. The summed E-state index contributed by atoms with van der Waals surface area (Å²) in [7, 11) is 0. The number of amides is 1. The standard InChI is InChI=1S/C16H10F2N2OS2/c17-10-3-5-12(13(18)8-10)14-9-23-16(19-14)20-15(21)6-4-11-2-1-7-22-11/h1-9H,(H,19,20,21)/b6-4-. The molecular weight excluding hydrogens is 338 g/mol. The second-order valence-electron chi connectivity index (χ2n) is 4.50. The van der Waals surface area contributed by atoms with E-state index >= 15 is 0 Å². The lowest BCUT2D eigenvalue weighted by Gasteiger charge is -1.99. The molecule has 0 radical (unpaired) electrons. The van der Waals surface area contributed by atoms with Crippen LogP contribution in [-0.2, 0) is 4.79 Å². The van der Waals surface area contributed by atoms with Crippen LogP contribution in [0.1, 0.15) is 4.88 Å². The summed E-state index contributed by atoms with van der Waals surface area (Å²) in [4.78, 5) is 16.9. The summed E-state index contributed by atoms with van der Waals surface area (Å²) in [5.74, 6) is -1.65. The van der Waals surface area contributed by atoms with Crippen molar-refractivity contribution < 1.29 is 13.6 Å². The molecule has 1 N–H and O–H groups in total. The highest BCUT2D eigenvalue weighted by Gasteiger charge is 2.11. The van der Waals surface area contributed by atoms with Gasteiger partial charge >= 0.3 is 0 Å². The Morgan fingerprint density at radius 2 is 2.09 bits per heavy atom. The Balaban J connectivity index is 1.71. The summed E-state index contributed by atoms with van der Waals surface area (Å²) in [6, 6.07) is 7.08. The van der Waals surface area contributed by atoms with Crippen LogP contribution in [0, 0.1) is 11.6 Å². The van der Waals surface area contributed by atoms with E-state index in [1.54, 1.807) is 11.5 Å². The van der Waals surface area contributed by atoms with Crippen LogP contribution in [0.25, 0.3) is 17.3 Å². The Morgan fingerprint density at radius 1 is 1.22 bits per heavy atom. The minimum atomic E-state index is -0.689. The van der Waals surface area contributed by atoms with E-state index < -0.39 is 11.6 Å². The normalized spacial score (nSPS) is 11.0. The van der Waals surface area contributed by atoms with E-state index in [2.05, 4.69) is 10.3 Å². The Hall–Kier alpha value is -2.38. The van der Waals surface area contributed by atoms with Crippen molar-refractivity contribution in [2.45, 2.75) is 0 Å². The summed E-state index contributed by atoms with van der Waals surface area (Å²) in [5, 5.41) is 6.49. The van der Waals surface area contributed by atoms with Crippen LogP contribution in [-0.4, -0.2) is 10.9 Å². The van der Waals surface area contributed by atoms with Crippen LogP contribution in [0.2, 0.25) is 0 Å². The highest BCUT2D eigenvalue weighted by molar-refractivity contribution is 7.14. The zero-order valence-corrected chi connectivity index (χ0v) is 13.3. The van der Waals surface area contributed by atoms with Gasteiger partial charge in [0.25, 0.3) is 0 Å². The highest BCUT2D eigenvalue weighted by Crippen LogP contribution is 2.27. The molecule has 0 saturated heterocycles. The SMILES string of the molecule is O=C(/C=C\c1cccs1)Nc1nc(-c2ccc(F)cc2F)cs1. The molecule has 0 aliphatic heterocycles. The van der Waals surface area contributed by atoms with Crippen molar-refractivity contribution in [2.75, 3.05) is 5.32 Å². The number of halogens is 2. The molecule has 2 aromatic heterocycles. The quantitative estimate of drug-likeness (QED) is 0.688. The largest absolute Gasteiger partial charge is 0.298 e. The van der Waals surface area contributed by atoms with Gasteiger partial charge in [-0.05, 0) is 29.7 Å². The first-order valence-electron chi connectivity index (χ1n) is 6.55. The lowest BCUT2D eigenvalue weighted by molar-refractivity contribution is -0.111. The van der Waals surface area contributed by atoms with Crippen LogP contribution < -0.4 is 5.32 Å². The molecule has 2 heterocycles. The number of rotatable bonds is 4. The van der Waals surface area contributed by atoms with Crippen molar-refractivity contribution in [3.8, 4) is 11.3 Å². The number of thiazole rings is 1. The Morgan fingerprint density at radius 3 is 2.83 bits per heavy atom. The summed E-state index contributed by atoms with van der Waals surface area (Å²) >= 11 is 2.70. The van der Waals surface area contributed by atoms with E-state index in [4.69, 9.17) is 0 Å². The maximum atomic E-state index is 13.7. The molecule has 0 bridgehead atoms. The summed E-state index contributed by atoms with van der Waals surface area (Å²) in [6.07, 6.45) is 3.11. The van der Waals surface area contributed by atoms with Gasteiger partial charge in [0.1, 0.15) is 11.6 Å². The van der Waals surface area contributed by atoms with Crippen molar-refractivity contribution in [1.82, 2.24) is 4.98 Å². The molecule has 7 heteroatoms. The molecule has 0 aliphatic carbocycles. The van der Waals surface area contributed by atoms with Crippen LogP contribution in [0.15, 0.2) is 47.2 Å². The van der Waals surface area contributed by atoms with Crippen molar-refractivity contribution in [3.63, 3.8) is 0 Å². The third-order valence-electron chi connectivity index (χ3n) is 2.88. The average Bonchev–Trinajstić information content (AvgIpc) is 3.17. The lowest BCUT2D eigenvalue weighted by Crippen LogP contribution is -2.07. The summed E-state index contributed by atoms with van der Waals surface area (Å²) < 4.78 is 26.6. The first-order valence-corrected chi connectivity index (χ1v) is 8.31. The average molecular weight is 348 g/mol. The zero-order chi connectivity index (χ0) is 16.2. The Labute approximate surface area is 138 Å². The molecule has 116 valence electrons. The third-order valence-corrected chi connectivity index (χ3v) is 4.48. The van der Waals surface area contributed by atoms with Gasteiger partial charge in [0, 0.05) is 28.0 Å². The van der Waals surface area contributed by atoms with Gasteiger partial charge in [-0.3, -0.25) is 10.1 Å². The van der Waals surface area contributed by atoms with Gasteiger partial charge in [-0.2, -0.15) is 0 Å². The topological polar surface area (TPSA) is 42.0 Å². The maximum absolute atomic E-state index is 13.7. The number of hydrogen-bond acceptors (Lipinski definition) is 4. The Bertz CT molecular complexity index is 857. The smallest absolute Gasteiger partial charge is 0.250 e. The minimum absolute atomic E-state index is 0.192. The summed E-state index contributed by atoms with van der Waals surface area (Å²) in [5.41, 5.74) is 0.544.